The third kappa shape index (κ3) is 3.70. The van der Waals surface area contributed by atoms with Crippen molar-refractivity contribution in [2.45, 2.75) is 24.9 Å². The number of fused-ring (bicyclic) bond motifs is 1. The predicted molar refractivity (Wildman–Crippen MR) is 104 cm³/mol. The molecule has 3 aromatic rings. The number of nitrogens with one attached hydrogen (secondary N) is 2. The van der Waals surface area contributed by atoms with Crippen LogP contribution in [0.25, 0.3) is 5.65 Å². The van der Waals surface area contributed by atoms with Crippen LogP contribution in [0.5, 0.6) is 0 Å². The SMILES string of the molecule is Cl.Cl.O=C(NCc1ccn2ccnc2c1)C1(n2cccn2)CCNCC1. The first-order chi connectivity index (χ1) is 11.8. The van der Waals surface area contributed by atoms with Crippen LogP contribution in [-0.2, 0) is 16.9 Å². The topological polar surface area (TPSA) is 76.2 Å². The maximum Gasteiger partial charge on any atom is 0.248 e. The van der Waals surface area contributed by atoms with E-state index in [1.807, 2.05) is 41.2 Å². The number of halogens is 2. The average molecular weight is 397 g/mol. The lowest BCUT2D eigenvalue weighted by Crippen LogP contribution is -2.54. The first-order valence-electron chi connectivity index (χ1n) is 8.19. The maximum atomic E-state index is 13.0. The van der Waals surface area contributed by atoms with Crippen molar-refractivity contribution in [1.82, 2.24) is 29.8 Å². The molecule has 140 valence electrons. The normalized spacial score (nSPS) is 15.7. The van der Waals surface area contributed by atoms with Gasteiger partial charge in [-0.2, -0.15) is 5.10 Å². The van der Waals surface area contributed by atoms with Crippen LogP contribution in [0.2, 0.25) is 0 Å². The lowest BCUT2D eigenvalue weighted by Gasteiger charge is -2.36. The molecule has 0 atom stereocenters. The molecule has 4 heterocycles. The monoisotopic (exact) mass is 396 g/mol. The highest BCUT2D eigenvalue weighted by Gasteiger charge is 2.41. The zero-order valence-corrected chi connectivity index (χ0v) is 15.8. The molecule has 0 aliphatic carbocycles. The number of nitrogens with zero attached hydrogens (tertiary/aromatic N) is 4. The van der Waals surface area contributed by atoms with Gasteiger partial charge >= 0.3 is 0 Å². The molecular formula is C17H22Cl2N6O. The number of rotatable bonds is 4. The Morgan fingerprint density at radius 1 is 1.19 bits per heavy atom. The van der Waals surface area contributed by atoms with Crippen LogP contribution >= 0.6 is 24.8 Å². The van der Waals surface area contributed by atoms with E-state index >= 15 is 0 Å². The average Bonchev–Trinajstić information content (AvgIpc) is 3.31. The third-order valence-corrected chi connectivity index (χ3v) is 4.71. The quantitative estimate of drug-likeness (QED) is 0.704. The summed E-state index contributed by atoms with van der Waals surface area (Å²) < 4.78 is 3.75. The number of piperidine rings is 1. The number of carbonyl (C=O) groups is 1. The van der Waals surface area contributed by atoms with Gasteiger partial charge in [0.15, 0.2) is 0 Å². The summed E-state index contributed by atoms with van der Waals surface area (Å²) in [6.07, 6.45) is 10.7. The Morgan fingerprint density at radius 2 is 2.00 bits per heavy atom. The van der Waals surface area contributed by atoms with Crippen molar-refractivity contribution in [2.75, 3.05) is 13.1 Å². The summed E-state index contributed by atoms with van der Waals surface area (Å²) in [4.78, 5) is 17.3. The Kier molecular flexibility index (Phi) is 6.63. The first kappa shape index (κ1) is 20.2. The predicted octanol–water partition coefficient (Wildman–Crippen LogP) is 1.77. The van der Waals surface area contributed by atoms with Crippen molar-refractivity contribution >= 4 is 36.4 Å². The summed E-state index contributed by atoms with van der Waals surface area (Å²) in [5.74, 6) is 0.0240. The largest absolute Gasteiger partial charge is 0.350 e. The van der Waals surface area contributed by atoms with Crippen LogP contribution in [-0.4, -0.2) is 38.2 Å². The van der Waals surface area contributed by atoms with Crippen LogP contribution < -0.4 is 10.6 Å². The molecule has 0 unspecified atom stereocenters. The van der Waals surface area contributed by atoms with Gasteiger partial charge in [0, 0.05) is 37.5 Å². The van der Waals surface area contributed by atoms with E-state index < -0.39 is 5.54 Å². The summed E-state index contributed by atoms with van der Waals surface area (Å²) in [6, 6.07) is 5.85. The molecule has 26 heavy (non-hydrogen) atoms. The summed E-state index contributed by atoms with van der Waals surface area (Å²) in [5, 5.41) is 10.7. The van der Waals surface area contributed by atoms with Crippen molar-refractivity contribution in [3.63, 3.8) is 0 Å². The summed E-state index contributed by atoms with van der Waals surface area (Å²) in [6.45, 7) is 2.11. The number of pyridine rings is 1. The molecule has 1 fully saturated rings. The minimum atomic E-state index is -0.605. The molecule has 9 heteroatoms. The highest BCUT2D eigenvalue weighted by molar-refractivity contribution is 5.85. The van der Waals surface area contributed by atoms with Gasteiger partial charge in [-0.1, -0.05) is 0 Å². The molecule has 1 aliphatic rings. The summed E-state index contributed by atoms with van der Waals surface area (Å²) in [7, 11) is 0. The van der Waals surface area contributed by atoms with Gasteiger partial charge in [0.25, 0.3) is 0 Å². The number of hydrogen-bond acceptors (Lipinski definition) is 4. The molecule has 1 amide bonds. The van der Waals surface area contributed by atoms with Crippen LogP contribution in [0.4, 0.5) is 0 Å². The van der Waals surface area contributed by atoms with E-state index in [9.17, 15) is 4.79 Å². The fraction of sp³-hybridized carbons (Fsp3) is 0.353. The first-order valence-corrected chi connectivity index (χ1v) is 8.19. The van der Waals surface area contributed by atoms with Gasteiger partial charge in [0.05, 0.1) is 0 Å². The Balaban J connectivity index is 0.00000121. The Bertz CT molecular complexity index is 842. The zero-order chi connectivity index (χ0) is 16.4. The second kappa shape index (κ2) is 8.53. The van der Waals surface area contributed by atoms with E-state index in [1.54, 1.807) is 17.1 Å². The summed E-state index contributed by atoms with van der Waals surface area (Å²) in [5.41, 5.74) is 1.31. The van der Waals surface area contributed by atoms with E-state index in [2.05, 4.69) is 20.7 Å². The molecule has 3 aromatic heterocycles. The lowest BCUT2D eigenvalue weighted by molar-refractivity contribution is -0.132. The molecule has 0 radical (unpaired) electrons. The minimum Gasteiger partial charge on any atom is -0.350 e. The van der Waals surface area contributed by atoms with Crippen molar-refractivity contribution in [3.05, 3.63) is 54.7 Å². The van der Waals surface area contributed by atoms with E-state index in [0.717, 1.165) is 37.1 Å². The number of aromatic nitrogens is 4. The van der Waals surface area contributed by atoms with E-state index in [-0.39, 0.29) is 30.7 Å². The molecule has 1 saturated heterocycles. The zero-order valence-electron chi connectivity index (χ0n) is 14.2. The number of imidazole rings is 1. The molecule has 7 nitrogen and oxygen atoms in total. The van der Waals surface area contributed by atoms with E-state index in [0.29, 0.717) is 6.54 Å². The molecule has 0 aromatic carbocycles. The smallest absolute Gasteiger partial charge is 0.248 e. The van der Waals surface area contributed by atoms with Crippen molar-refractivity contribution < 1.29 is 4.79 Å². The highest BCUT2D eigenvalue weighted by Crippen LogP contribution is 2.27. The molecule has 0 bridgehead atoms. The minimum absolute atomic E-state index is 0. The Hall–Kier alpha value is -2.09. The van der Waals surface area contributed by atoms with Crippen LogP contribution in [0.1, 0.15) is 18.4 Å². The second-order valence-corrected chi connectivity index (χ2v) is 6.14. The molecule has 0 spiro atoms. The van der Waals surface area contributed by atoms with Gasteiger partial charge < -0.3 is 15.0 Å². The van der Waals surface area contributed by atoms with E-state index in [1.165, 1.54) is 0 Å². The van der Waals surface area contributed by atoms with Gasteiger partial charge in [-0.15, -0.1) is 24.8 Å². The van der Waals surface area contributed by atoms with Crippen molar-refractivity contribution in [1.29, 1.82) is 0 Å². The summed E-state index contributed by atoms with van der Waals surface area (Å²) >= 11 is 0. The molecule has 0 saturated carbocycles. The van der Waals surface area contributed by atoms with Crippen molar-refractivity contribution in [3.8, 4) is 0 Å². The second-order valence-electron chi connectivity index (χ2n) is 6.14. The fourth-order valence-electron chi connectivity index (χ4n) is 3.33. The van der Waals surface area contributed by atoms with Gasteiger partial charge in [0.2, 0.25) is 5.91 Å². The molecule has 4 rings (SSSR count). The van der Waals surface area contributed by atoms with Crippen molar-refractivity contribution in [2.24, 2.45) is 0 Å². The van der Waals surface area contributed by atoms with Gasteiger partial charge in [-0.3, -0.25) is 9.48 Å². The number of amides is 1. The standard InChI is InChI=1S/C17H20N6O.2ClH/c24-16(17(3-6-18-7-4-17)23-9-1-5-21-23)20-13-14-2-10-22-11-8-19-15(22)12-14;;/h1-2,5,8-12,18H,3-4,6-7,13H2,(H,20,24);2*1H. The fourth-order valence-corrected chi connectivity index (χ4v) is 3.33. The Labute approximate surface area is 164 Å². The maximum absolute atomic E-state index is 13.0. The van der Waals surface area contributed by atoms with Crippen LogP contribution in [0.3, 0.4) is 0 Å². The van der Waals surface area contributed by atoms with Gasteiger partial charge in [-0.05, 0) is 49.7 Å². The van der Waals surface area contributed by atoms with Crippen LogP contribution in [0, 0.1) is 0 Å². The molecule has 1 aliphatic heterocycles. The molecular weight excluding hydrogens is 375 g/mol. The highest BCUT2D eigenvalue weighted by atomic mass is 35.5. The van der Waals surface area contributed by atoms with E-state index in [4.69, 9.17) is 0 Å². The number of carbonyl (C=O) groups excluding carboxylic acids is 1. The van der Waals surface area contributed by atoms with Crippen LogP contribution in [0.15, 0.2) is 49.2 Å². The lowest BCUT2D eigenvalue weighted by atomic mass is 9.87. The third-order valence-electron chi connectivity index (χ3n) is 4.71. The number of hydrogen-bond donors (Lipinski definition) is 2. The van der Waals surface area contributed by atoms with Gasteiger partial charge in [0.1, 0.15) is 11.2 Å². The molecule has 2 N–H and O–H groups in total. The van der Waals surface area contributed by atoms with Gasteiger partial charge in [-0.25, -0.2) is 4.98 Å². The Morgan fingerprint density at radius 3 is 2.73 bits per heavy atom.